The molecule has 6 heteroatoms. The van der Waals surface area contributed by atoms with Crippen LogP contribution in [0.4, 0.5) is 0 Å². The molecule has 0 bridgehead atoms. The van der Waals surface area contributed by atoms with Crippen molar-refractivity contribution in [2.45, 2.75) is 66.4 Å². The minimum atomic E-state index is -4.51. The molecule has 1 atom stereocenters. The Hall–Kier alpha value is -1.23. The van der Waals surface area contributed by atoms with E-state index in [0.29, 0.717) is 17.4 Å². The molecule has 0 saturated heterocycles. The van der Waals surface area contributed by atoms with Crippen LogP contribution in [0.1, 0.15) is 60.3 Å². The second kappa shape index (κ2) is 11.6. The quantitative estimate of drug-likeness (QED) is 0.239. The Morgan fingerprint density at radius 2 is 1.84 bits per heavy atom. The fourth-order valence-electron chi connectivity index (χ4n) is 3.97. The van der Waals surface area contributed by atoms with Gasteiger partial charge in [0.25, 0.3) is 0 Å². The lowest BCUT2D eigenvalue weighted by atomic mass is 9.72. The highest BCUT2D eigenvalue weighted by molar-refractivity contribution is 7.46. The highest BCUT2D eigenvalue weighted by Crippen LogP contribution is 2.41. The molecule has 0 aromatic carbocycles. The molecule has 176 valence electrons. The van der Waals surface area contributed by atoms with E-state index in [2.05, 4.69) is 45.9 Å². The first-order valence-corrected chi connectivity index (χ1v) is 12.6. The van der Waals surface area contributed by atoms with E-state index in [-0.39, 0.29) is 5.41 Å². The molecule has 0 aromatic rings. The van der Waals surface area contributed by atoms with Crippen LogP contribution in [0.3, 0.4) is 0 Å². The van der Waals surface area contributed by atoms with Crippen molar-refractivity contribution in [3.05, 3.63) is 58.7 Å². The Balaban J connectivity index is 2.77. The van der Waals surface area contributed by atoms with Crippen molar-refractivity contribution in [1.82, 2.24) is 0 Å². The molecular weight excluding hydrogens is 409 g/mol. The summed E-state index contributed by atoms with van der Waals surface area (Å²) in [6.45, 7) is 11.5. The lowest BCUT2D eigenvalue weighted by molar-refractivity contribution is -0.873. The van der Waals surface area contributed by atoms with Gasteiger partial charge in [-0.25, -0.2) is 4.57 Å². The summed E-state index contributed by atoms with van der Waals surface area (Å²) in [5, 5.41) is 0. The molecule has 5 nitrogen and oxygen atoms in total. The predicted octanol–water partition coefficient (Wildman–Crippen LogP) is 6.09. The van der Waals surface area contributed by atoms with Gasteiger partial charge in [0.05, 0.1) is 21.1 Å². The summed E-state index contributed by atoms with van der Waals surface area (Å²) < 4.78 is 16.8. The van der Waals surface area contributed by atoms with Gasteiger partial charge in [-0.1, -0.05) is 67.0 Å². The van der Waals surface area contributed by atoms with Crippen molar-refractivity contribution in [2.75, 3.05) is 27.7 Å². The number of hydrogen-bond donors (Lipinski definition) is 2. The van der Waals surface area contributed by atoms with Gasteiger partial charge in [-0.2, -0.15) is 0 Å². The minimum absolute atomic E-state index is 0.242. The lowest BCUT2D eigenvalue weighted by Crippen LogP contribution is -2.42. The normalized spacial score (nSPS) is 20.2. The second-order valence-corrected chi connectivity index (χ2v) is 11.6. The van der Waals surface area contributed by atoms with Gasteiger partial charge in [0.2, 0.25) is 0 Å². The zero-order valence-electron chi connectivity index (χ0n) is 20.7. The highest BCUT2D eigenvalue weighted by Gasteiger charge is 2.27. The van der Waals surface area contributed by atoms with Gasteiger partial charge in [0.1, 0.15) is 12.6 Å². The van der Waals surface area contributed by atoms with Crippen LogP contribution >= 0.6 is 7.82 Å². The molecule has 0 saturated carbocycles. The van der Waals surface area contributed by atoms with Crippen molar-refractivity contribution in [2.24, 2.45) is 5.41 Å². The molecule has 0 spiro atoms. The summed E-state index contributed by atoms with van der Waals surface area (Å²) in [7, 11) is 1.40. The number of allylic oxidation sites excluding steroid dienone is 9. The molecule has 0 fully saturated rings. The molecule has 1 unspecified atom stereocenters. The largest absolute Gasteiger partial charge is 0.470 e. The maximum atomic E-state index is 11.3. The SMILES string of the molecule is CC(C=CC1=C(C)CCCC1(C)C)=CC=C/C(C)=C\CC(C[N+](C)(C)C)OP(=O)(O)O. The van der Waals surface area contributed by atoms with Crippen LogP contribution in [0, 0.1) is 5.41 Å². The topological polar surface area (TPSA) is 66.8 Å². The van der Waals surface area contributed by atoms with Gasteiger partial charge in [-0.05, 0) is 57.4 Å². The van der Waals surface area contributed by atoms with Gasteiger partial charge in [0, 0.05) is 0 Å². The fourth-order valence-corrected chi connectivity index (χ4v) is 4.51. The summed E-state index contributed by atoms with van der Waals surface area (Å²) in [4.78, 5) is 18.4. The smallest absolute Gasteiger partial charge is 0.329 e. The summed E-state index contributed by atoms with van der Waals surface area (Å²) in [6, 6.07) is 0. The van der Waals surface area contributed by atoms with Crippen LogP contribution in [-0.4, -0.2) is 48.1 Å². The first-order chi connectivity index (χ1) is 14.1. The van der Waals surface area contributed by atoms with E-state index in [9.17, 15) is 14.4 Å². The van der Waals surface area contributed by atoms with Crippen molar-refractivity contribution in [3.63, 3.8) is 0 Å². The zero-order chi connectivity index (χ0) is 23.9. The third-order valence-corrected chi connectivity index (χ3v) is 6.09. The van der Waals surface area contributed by atoms with E-state index in [0.717, 1.165) is 5.57 Å². The summed E-state index contributed by atoms with van der Waals surface area (Å²) in [6.07, 6.45) is 16.1. The fraction of sp³-hybridized carbons (Fsp3) is 0.600. The number of quaternary nitrogens is 1. The zero-order valence-corrected chi connectivity index (χ0v) is 21.6. The van der Waals surface area contributed by atoms with E-state index < -0.39 is 13.9 Å². The third kappa shape index (κ3) is 11.8. The van der Waals surface area contributed by atoms with Gasteiger partial charge < -0.3 is 14.3 Å². The molecule has 0 aliphatic heterocycles. The van der Waals surface area contributed by atoms with Crippen molar-refractivity contribution in [3.8, 4) is 0 Å². The van der Waals surface area contributed by atoms with Crippen LogP contribution in [0.5, 0.6) is 0 Å². The average molecular weight is 453 g/mol. The number of rotatable bonds is 10. The van der Waals surface area contributed by atoms with Crippen LogP contribution in [-0.2, 0) is 9.09 Å². The Morgan fingerprint density at radius 3 is 2.39 bits per heavy atom. The predicted molar refractivity (Wildman–Crippen MR) is 131 cm³/mol. The van der Waals surface area contributed by atoms with E-state index >= 15 is 0 Å². The van der Waals surface area contributed by atoms with Crippen LogP contribution in [0.2, 0.25) is 0 Å². The van der Waals surface area contributed by atoms with Gasteiger partial charge >= 0.3 is 7.82 Å². The molecular formula is C25H43NO4P+. The van der Waals surface area contributed by atoms with Crippen molar-refractivity contribution < 1.29 is 23.4 Å². The second-order valence-electron chi connectivity index (χ2n) is 10.4. The Labute approximate surface area is 189 Å². The van der Waals surface area contributed by atoms with E-state index in [1.54, 1.807) is 0 Å². The Bertz CT molecular complexity index is 804. The van der Waals surface area contributed by atoms with Gasteiger partial charge in [0.15, 0.2) is 0 Å². The van der Waals surface area contributed by atoms with E-state index in [1.807, 2.05) is 46.3 Å². The van der Waals surface area contributed by atoms with Crippen LogP contribution < -0.4 is 0 Å². The number of hydrogen-bond acceptors (Lipinski definition) is 2. The molecule has 1 rings (SSSR count). The molecule has 1 aliphatic rings. The molecule has 0 aromatic heterocycles. The molecule has 0 radical (unpaired) electrons. The number of phosphoric ester groups is 1. The first kappa shape index (κ1) is 27.8. The molecule has 31 heavy (non-hydrogen) atoms. The van der Waals surface area contributed by atoms with Crippen LogP contribution in [0.25, 0.3) is 0 Å². The average Bonchev–Trinajstić information content (AvgIpc) is 2.56. The number of nitrogens with zero attached hydrogens (tertiary/aromatic N) is 1. The number of likely N-dealkylation sites (N-methyl/N-ethyl adjacent to an activating group) is 1. The Kier molecular flexibility index (Phi) is 10.4. The summed E-state index contributed by atoms with van der Waals surface area (Å²) in [5.74, 6) is 0. The van der Waals surface area contributed by atoms with Crippen molar-refractivity contribution in [1.29, 1.82) is 0 Å². The molecule has 0 heterocycles. The van der Waals surface area contributed by atoms with Gasteiger partial charge in [-0.3, -0.25) is 4.52 Å². The van der Waals surface area contributed by atoms with E-state index in [1.165, 1.54) is 36.0 Å². The molecule has 2 N–H and O–H groups in total. The molecule has 0 amide bonds. The number of phosphoric acid groups is 1. The molecule has 1 aliphatic carbocycles. The van der Waals surface area contributed by atoms with E-state index in [4.69, 9.17) is 4.52 Å². The minimum Gasteiger partial charge on any atom is -0.329 e. The lowest BCUT2D eigenvalue weighted by Gasteiger charge is -2.32. The highest BCUT2D eigenvalue weighted by atomic mass is 31.2. The third-order valence-electron chi connectivity index (χ3n) is 5.51. The van der Waals surface area contributed by atoms with Crippen molar-refractivity contribution >= 4 is 7.82 Å². The Morgan fingerprint density at radius 1 is 1.19 bits per heavy atom. The maximum absolute atomic E-state index is 11.3. The first-order valence-electron chi connectivity index (χ1n) is 11.0. The maximum Gasteiger partial charge on any atom is 0.470 e. The summed E-state index contributed by atoms with van der Waals surface area (Å²) >= 11 is 0. The standard InChI is InChI=1S/C25H42NO4P/c1-20(14-16-23(19-26(6,7)8)30-31(27,28)29)11-9-12-21(2)15-17-24-22(3)13-10-18-25(24,4)5/h9,11-12,14-15,17,23H,10,13,16,18-19H2,1-8H3,(H-,27,28,29)/p+1/b11-9?,17-15?,20-14-,21-12?. The summed E-state index contributed by atoms with van der Waals surface area (Å²) in [5.41, 5.74) is 5.40. The monoisotopic (exact) mass is 452 g/mol. The van der Waals surface area contributed by atoms with Crippen LogP contribution in [0.15, 0.2) is 58.7 Å². The van der Waals surface area contributed by atoms with Gasteiger partial charge in [-0.15, -0.1) is 0 Å².